The van der Waals surface area contributed by atoms with Crippen molar-refractivity contribution in [3.8, 4) is 12.9 Å². The van der Waals surface area contributed by atoms with Crippen molar-refractivity contribution in [1.29, 1.82) is 15.8 Å². The van der Waals surface area contributed by atoms with Crippen molar-refractivity contribution in [2.24, 2.45) is 0 Å². The molecule has 0 aliphatic rings. The van der Waals surface area contributed by atoms with Crippen LogP contribution in [0.2, 0.25) is 0 Å². The van der Waals surface area contributed by atoms with Crippen molar-refractivity contribution in [3.63, 3.8) is 0 Å². The molecule has 0 aliphatic heterocycles. The van der Waals surface area contributed by atoms with Gasteiger partial charge in [0.2, 0.25) is 0 Å². The van der Waals surface area contributed by atoms with Gasteiger partial charge < -0.3 is 0 Å². The van der Waals surface area contributed by atoms with Crippen LogP contribution in [0.5, 0.6) is 0 Å². The van der Waals surface area contributed by atoms with E-state index in [9.17, 15) is 0 Å². The quantitative estimate of drug-likeness (QED) is 0.586. The van der Waals surface area contributed by atoms with E-state index in [2.05, 4.69) is 0 Å². The summed E-state index contributed by atoms with van der Waals surface area (Å²) >= 11 is -2.33. The summed E-state index contributed by atoms with van der Waals surface area (Å²) in [5.74, 6) is 0. The molecule has 0 aliphatic carbocycles. The van der Waals surface area contributed by atoms with E-state index in [1.54, 1.807) is 12.9 Å². The van der Waals surface area contributed by atoms with E-state index in [0.717, 1.165) is 0 Å². The van der Waals surface area contributed by atoms with E-state index in [4.69, 9.17) is 15.8 Å². The summed E-state index contributed by atoms with van der Waals surface area (Å²) in [6.07, 6.45) is 0. The molecule has 5 heteroatoms. The van der Waals surface area contributed by atoms with Crippen LogP contribution in [0.15, 0.2) is 0 Å². The zero-order valence-electron chi connectivity index (χ0n) is 3.44. The molecule has 0 atom stereocenters. The third-order valence-electron chi connectivity index (χ3n) is 0.202. The molecule has 8 heavy (non-hydrogen) atoms. The average Bonchev–Trinajstić information content (AvgIpc) is 1.72. The van der Waals surface area contributed by atoms with Crippen LogP contribution in [-0.4, -0.2) is 0 Å². The molecule has 0 heterocycles. The molecule has 0 aromatic rings. The van der Waals surface area contributed by atoms with Crippen molar-refractivity contribution in [2.75, 3.05) is 0 Å². The first-order chi connectivity index (χ1) is 3.35. The van der Waals surface area contributed by atoms with Crippen molar-refractivity contribution in [1.82, 2.24) is 0 Å². The van der Waals surface area contributed by atoms with Crippen LogP contribution in [0, 0.1) is 28.6 Å². The van der Waals surface area contributed by atoms with E-state index in [-0.39, 0.29) is 17.1 Å². The fourth-order valence-corrected chi connectivity index (χ4v) is 0.370. The van der Waals surface area contributed by atoms with Crippen LogP contribution in [0.3, 0.4) is 0 Å². The number of hydrogen-bond donors (Lipinski definition) is 0. The van der Waals surface area contributed by atoms with E-state index >= 15 is 0 Å². The molecule has 0 fully saturated rings. The Labute approximate surface area is 64.1 Å². The van der Waals surface area contributed by atoms with Gasteiger partial charge in [0.25, 0.3) is 0 Å². The third-order valence-corrected chi connectivity index (χ3v) is 1.66. The van der Waals surface area contributed by atoms with E-state index in [1.165, 1.54) is 0 Å². The summed E-state index contributed by atoms with van der Waals surface area (Å²) in [6, 6.07) is 0. The van der Waals surface area contributed by atoms with Gasteiger partial charge in [-0.25, -0.2) is 0 Å². The summed E-state index contributed by atoms with van der Waals surface area (Å²) in [5, 5.41) is 23.7. The molecular weight excluding hydrogens is 339 g/mol. The second-order valence-electron chi connectivity index (χ2n) is 0.428. The molecule has 0 unspecified atom stereocenters. The number of nitriles is 3. The summed E-state index contributed by atoms with van der Waals surface area (Å²) < 4.78 is 4.88. The Balaban J connectivity index is 0. The maximum absolute atomic E-state index is 7.90. The Kier molecular flexibility index (Phi) is 8.97. The molecule has 1 radical (unpaired) electrons. The van der Waals surface area contributed by atoms with Crippen LogP contribution >= 0.6 is 0 Å². The fraction of sp³-hybridized carbons (Fsp3) is 0. The van der Waals surface area contributed by atoms with Gasteiger partial charge in [0.1, 0.15) is 0 Å². The largest absolute Gasteiger partial charge is 0 e. The van der Waals surface area contributed by atoms with Crippen LogP contribution in [0.25, 0.3) is 0 Å². The van der Waals surface area contributed by atoms with Gasteiger partial charge in [0.15, 0.2) is 0 Å². The van der Waals surface area contributed by atoms with Gasteiger partial charge >= 0.3 is 47.1 Å². The molecule has 0 aromatic heterocycles. The smallest absolute Gasteiger partial charge is 0 e. The number of rotatable bonds is 0. The van der Waals surface area contributed by atoms with Gasteiger partial charge in [-0.3, -0.25) is 0 Å². The molecular formula is C3AuCuN3. The van der Waals surface area contributed by atoms with Gasteiger partial charge in [-0.05, 0) is 0 Å². The molecule has 0 amide bonds. The zero-order chi connectivity index (χ0) is 5.70. The van der Waals surface area contributed by atoms with Crippen LogP contribution < -0.4 is 0 Å². The third kappa shape index (κ3) is 3.90. The summed E-state index contributed by atoms with van der Waals surface area (Å²) in [6.45, 7) is 0. The first-order valence-corrected chi connectivity index (χ1v) is 4.37. The van der Waals surface area contributed by atoms with Crippen molar-refractivity contribution in [2.45, 2.75) is 0 Å². The summed E-state index contributed by atoms with van der Waals surface area (Å²) in [4.78, 5) is 0. The van der Waals surface area contributed by atoms with E-state index in [0.29, 0.717) is 0 Å². The Hall–Kier alpha value is -0.270. The molecule has 0 saturated heterocycles. The minimum atomic E-state index is -2.33. The van der Waals surface area contributed by atoms with E-state index < -0.39 is 18.4 Å². The van der Waals surface area contributed by atoms with Crippen molar-refractivity contribution in [3.05, 3.63) is 0 Å². The predicted octanol–water partition coefficient (Wildman–Crippen LogP) is 0.0453. The van der Waals surface area contributed by atoms with E-state index in [1.807, 2.05) is 0 Å². The average molecular weight is 339 g/mol. The predicted molar refractivity (Wildman–Crippen MR) is 16.8 cm³/mol. The van der Waals surface area contributed by atoms with Crippen molar-refractivity contribution >= 4 is 0 Å². The Morgan fingerprint density at radius 1 is 0.875 bits per heavy atom. The maximum atomic E-state index is 7.90. The normalized spacial score (nSPS) is 6.38. The second-order valence-corrected chi connectivity index (χ2v) is 3.51. The summed E-state index contributed by atoms with van der Waals surface area (Å²) in [7, 11) is 0. The second kappa shape index (κ2) is 6.73. The van der Waals surface area contributed by atoms with Gasteiger partial charge in [-0.15, -0.1) is 0 Å². The van der Waals surface area contributed by atoms with Gasteiger partial charge in [-0.2, -0.15) is 0 Å². The van der Waals surface area contributed by atoms with Crippen molar-refractivity contribution < 1.29 is 35.5 Å². The minimum Gasteiger partial charge on any atom is 0 e. The monoisotopic (exact) mass is 338 g/mol. The Morgan fingerprint density at radius 3 is 1.12 bits per heavy atom. The molecule has 0 aromatic carbocycles. The molecule has 0 saturated carbocycles. The number of nitrogens with zero attached hydrogens (tertiary/aromatic N) is 3. The summed E-state index contributed by atoms with van der Waals surface area (Å²) in [5.41, 5.74) is 0. The zero-order valence-corrected chi connectivity index (χ0v) is 6.55. The van der Waals surface area contributed by atoms with Gasteiger partial charge in [0.05, 0.1) is 0 Å². The van der Waals surface area contributed by atoms with Crippen LogP contribution in [0.4, 0.5) is 0 Å². The molecule has 0 spiro atoms. The van der Waals surface area contributed by atoms with Crippen LogP contribution in [0.1, 0.15) is 0 Å². The molecule has 0 N–H and O–H groups in total. The molecule has 0 bridgehead atoms. The molecule has 49 valence electrons. The topological polar surface area (TPSA) is 71.4 Å². The Morgan fingerprint density at radius 2 is 1.12 bits per heavy atom. The van der Waals surface area contributed by atoms with Gasteiger partial charge in [0, 0.05) is 17.1 Å². The first kappa shape index (κ1) is 10.7. The standard InChI is InChI=1S/3CN.Au.Cu/c3*1-2;;. The SMILES string of the molecule is N#[C][Au]([C]#N)[C]#N.[Cu]. The molecule has 0 rings (SSSR count). The Bertz CT molecular complexity index is 137. The maximum Gasteiger partial charge on any atom is 0 e. The molecule has 3 nitrogen and oxygen atoms in total. The fourth-order valence-electron chi connectivity index (χ4n) is 0.0452. The van der Waals surface area contributed by atoms with Crippen LogP contribution in [-0.2, 0) is 35.5 Å². The minimum absolute atomic E-state index is 0. The number of hydrogen-bond acceptors (Lipinski definition) is 3. The van der Waals surface area contributed by atoms with Gasteiger partial charge in [-0.1, -0.05) is 0 Å². The first-order valence-electron chi connectivity index (χ1n) is 1.12.